The Morgan fingerprint density at radius 1 is 1.54 bits per heavy atom. The highest BCUT2D eigenvalue weighted by molar-refractivity contribution is 5.87. The van der Waals surface area contributed by atoms with Gasteiger partial charge in [0.1, 0.15) is 0 Å². The van der Waals surface area contributed by atoms with Crippen molar-refractivity contribution in [3.63, 3.8) is 0 Å². The number of aromatic carboxylic acids is 1. The molecule has 5 nitrogen and oxygen atoms in total. The summed E-state index contributed by atoms with van der Waals surface area (Å²) in [5.41, 5.74) is 6.78. The van der Waals surface area contributed by atoms with Crippen LogP contribution in [0.1, 0.15) is 10.5 Å². The number of nitrogens with zero attached hydrogens (tertiary/aromatic N) is 2. The quantitative estimate of drug-likeness (QED) is 0.668. The van der Waals surface area contributed by atoms with Gasteiger partial charge in [-0.25, -0.2) is 9.31 Å². The average Bonchev–Trinajstić information content (AvgIpc) is 2.46. The lowest BCUT2D eigenvalue weighted by Crippen LogP contribution is -1.97. The van der Waals surface area contributed by atoms with Crippen molar-refractivity contribution in [2.75, 3.05) is 5.73 Å². The van der Waals surface area contributed by atoms with Crippen molar-refractivity contribution in [1.82, 2.24) is 9.61 Å². The van der Waals surface area contributed by atoms with Crippen molar-refractivity contribution in [3.05, 3.63) is 30.1 Å². The SMILES string of the molecule is Nc1ccc2cc(C(=O)O)nn2c1. The Labute approximate surface area is 73.4 Å². The van der Waals surface area contributed by atoms with Gasteiger partial charge in [-0.1, -0.05) is 0 Å². The summed E-state index contributed by atoms with van der Waals surface area (Å²) in [5, 5.41) is 12.5. The minimum atomic E-state index is -1.04. The second kappa shape index (κ2) is 2.48. The molecule has 2 aromatic heterocycles. The summed E-state index contributed by atoms with van der Waals surface area (Å²) in [7, 11) is 0. The van der Waals surface area contributed by atoms with Crippen molar-refractivity contribution >= 4 is 17.2 Å². The fourth-order valence-corrected chi connectivity index (χ4v) is 1.11. The highest BCUT2D eigenvalue weighted by Crippen LogP contribution is 2.09. The van der Waals surface area contributed by atoms with Crippen molar-refractivity contribution in [2.24, 2.45) is 0 Å². The molecule has 66 valence electrons. The van der Waals surface area contributed by atoms with Gasteiger partial charge in [0.05, 0.1) is 17.4 Å². The predicted octanol–water partition coefficient (Wildman–Crippen LogP) is 0.615. The number of carbonyl (C=O) groups is 1. The highest BCUT2D eigenvalue weighted by Gasteiger charge is 2.07. The van der Waals surface area contributed by atoms with Gasteiger partial charge in [-0.05, 0) is 18.2 Å². The molecule has 2 rings (SSSR count). The molecule has 0 amide bonds. The van der Waals surface area contributed by atoms with Gasteiger partial charge in [0.2, 0.25) is 0 Å². The number of hydrogen-bond donors (Lipinski definition) is 2. The summed E-state index contributed by atoms with van der Waals surface area (Å²) in [6.07, 6.45) is 1.57. The molecule has 2 aromatic rings. The Morgan fingerprint density at radius 2 is 2.31 bits per heavy atom. The van der Waals surface area contributed by atoms with E-state index in [4.69, 9.17) is 10.8 Å². The van der Waals surface area contributed by atoms with Crippen LogP contribution in [0.2, 0.25) is 0 Å². The summed E-state index contributed by atoms with van der Waals surface area (Å²) in [4.78, 5) is 10.5. The highest BCUT2D eigenvalue weighted by atomic mass is 16.4. The molecule has 0 aliphatic rings. The van der Waals surface area contributed by atoms with Crippen LogP contribution < -0.4 is 5.73 Å². The monoisotopic (exact) mass is 177 g/mol. The Morgan fingerprint density at radius 3 is 3.00 bits per heavy atom. The number of nitrogens with two attached hydrogens (primary N) is 1. The van der Waals surface area contributed by atoms with Crippen molar-refractivity contribution in [1.29, 1.82) is 0 Å². The molecule has 0 aromatic carbocycles. The van der Waals surface area contributed by atoms with E-state index in [9.17, 15) is 4.79 Å². The number of aromatic nitrogens is 2. The van der Waals surface area contributed by atoms with Crippen LogP contribution in [0.5, 0.6) is 0 Å². The van der Waals surface area contributed by atoms with E-state index < -0.39 is 5.97 Å². The number of carboxylic acid groups (broad SMARTS) is 1. The molecule has 2 heterocycles. The van der Waals surface area contributed by atoms with Crippen LogP contribution in [0.3, 0.4) is 0 Å². The van der Waals surface area contributed by atoms with Gasteiger partial charge in [0.25, 0.3) is 0 Å². The van der Waals surface area contributed by atoms with E-state index >= 15 is 0 Å². The van der Waals surface area contributed by atoms with Crippen molar-refractivity contribution < 1.29 is 9.90 Å². The summed E-state index contributed by atoms with van der Waals surface area (Å²) in [5.74, 6) is -1.04. The zero-order valence-corrected chi connectivity index (χ0v) is 6.64. The number of carboxylic acids is 1. The van der Waals surface area contributed by atoms with Crippen LogP contribution in [0.4, 0.5) is 5.69 Å². The first-order valence-corrected chi connectivity index (χ1v) is 3.65. The maximum Gasteiger partial charge on any atom is 0.356 e. The number of pyridine rings is 1. The molecule has 13 heavy (non-hydrogen) atoms. The lowest BCUT2D eigenvalue weighted by molar-refractivity contribution is 0.0690. The van der Waals surface area contributed by atoms with E-state index in [-0.39, 0.29) is 5.69 Å². The lowest BCUT2D eigenvalue weighted by atomic mass is 10.3. The van der Waals surface area contributed by atoms with Crippen LogP contribution in [0, 0.1) is 0 Å². The molecule has 0 unspecified atom stereocenters. The Hall–Kier alpha value is -2.04. The first-order valence-electron chi connectivity index (χ1n) is 3.65. The first-order chi connectivity index (χ1) is 6.16. The van der Waals surface area contributed by atoms with Gasteiger partial charge in [0.15, 0.2) is 5.69 Å². The van der Waals surface area contributed by atoms with Crippen LogP contribution in [-0.4, -0.2) is 20.7 Å². The van der Waals surface area contributed by atoms with Crippen LogP contribution in [0.25, 0.3) is 5.52 Å². The third-order valence-electron chi connectivity index (χ3n) is 1.70. The number of rotatable bonds is 1. The molecular weight excluding hydrogens is 170 g/mol. The van der Waals surface area contributed by atoms with Gasteiger partial charge >= 0.3 is 5.97 Å². The molecule has 5 heteroatoms. The number of nitrogen functional groups attached to an aromatic ring is 1. The second-order valence-corrected chi connectivity index (χ2v) is 2.67. The summed E-state index contributed by atoms with van der Waals surface area (Å²) >= 11 is 0. The molecular formula is C8H7N3O2. The van der Waals surface area contributed by atoms with Crippen LogP contribution >= 0.6 is 0 Å². The van der Waals surface area contributed by atoms with E-state index in [1.807, 2.05) is 0 Å². The van der Waals surface area contributed by atoms with Gasteiger partial charge in [-0.3, -0.25) is 0 Å². The van der Waals surface area contributed by atoms with E-state index in [0.29, 0.717) is 11.2 Å². The van der Waals surface area contributed by atoms with Crippen LogP contribution in [0.15, 0.2) is 24.4 Å². The molecule has 0 radical (unpaired) electrons. The van der Waals surface area contributed by atoms with Crippen LogP contribution in [-0.2, 0) is 0 Å². The number of hydrogen-bond acceptors (Lipinski definition) is 3. The minimum Gasteiger partial charge on any atom is -0.476 e. The van der Waals surface area contributed by atoms with Gasteiger partial charge in [-0.15, -0.1) is 0 Å². The fraction of sp³-hybridized carbons (Fsp3) is 0. The predicted molar refractivity (Wildman–Crippen MR) is 46.6 cm³/mol. The standard InChI is InChI=1S/C8H7N3O2/c9-5-1-2-6-3-7(8(12)13)10-11(6)4-5/h1-4H,9H2,(H,12,13). The maximum absolute atomic E-state index is 10.5. The van der Waals surface area contributed by atoms with Gasteiger partial charge in [0, 0.05) is 0 Å². The molecule has 0 spiro atoms. The van der Waals surface area contributed by atoms with Crippen molar-refractivity contribution in [3.8, 4) is 0 Å². The summed E-state index contributed by atoms with van der Waals surface area (Å²) in [6, 6.07) is 4.90. The van der Waals surface area contributed by atoms with E-state index in [2.05, 4.69) is 5.10 Å². The fourth-order valence-electron chi connectivity index (χ4n) is 1.11. The number of fused-ring (bicyclic) bond motifs is 1. The smallest absolute Gasteiger partial charge is 0.356 e. The van der Waals surface area contributed by atoms with E-state index in [1.54, 1.807) is 18.3 Å². The molecule has 0 bridgehead atoms. The van der Waals surface area contributed by atoms with E-state index in [1.165, 1.54) is 10.6 Å². The lowest BCUT2D eigenvalue weighted by Gasteiger charge is -1.93. The topological polar surface area (TPSA) is 80.6 Å². The van der Waals surface area contributed by atoms with Gasteiger partial charge in [-0.2, -0.15) is 5.10 Å². The third kappa shape index (κ3) is 1.20. The molecule has 0 aliphatic heterocycles. The zero-order valence-electron chi connectivity index (χ0n) is 6.64. The van der Waals surface area contributed by atoms with Crippen molar-refractivity contribution in [2.45, 2.75) is 0 Å². The second-order valence-electron chi connectivity index (χ2n) is 2.67. The zero-order chi connectivity index (χ0) is 9.42. The molecule has 0 atom stereocenters. The molecule has 0 fully saturated rings. The summed E-state index contributed by atoms with van der Waals surface area (Å²) < 4.78 is 1.44. The molecule has 0 saturated heterocycles. The average molecular weight is 177 g/mol. The third-order valence-corrected chi connectivity index (χ3v) is 1.70. The first kappa shape index (κ1) is 7.60. The Bertz CT molecular complexity index is 475. The Kier molecular flexibility index (Phi) is 1.45. The van der Waals surface area contributed by atoms with Gasteiger partial charge < -0.3 is 10.8 Å². The molecule has 3 N–H and O–H groups in total. The minimum absolute atomic E-state index is 0.0191. The molecule has 0 aliphatic carbocycles. The van der Waals surface area contributed by atoms with E-state index in [0.717, 1.165) is 0 Å². The normalized spacial score (nSPS) is 10.5. The summed E-state index contributed by atoms with van der Waals surface area (Å²) in [6.45, 7) is 0. The maximum atomic E-state index is 10.5. The Balaban J connectivity index is 2.68. The number of anilines is 1. The largest absolute Gasteiger partial charge is 0.476 e. The molecule has 0 saturated carbocycles.